The average Bonchev–Trinajstić information content (AvgIpc) is 2.66. The summed E-state index contributed by atoms with van der Waals surface area (Å²) in [5, 5.41) is 10.7. The molecule has 7 nitrogen and oxygen atoms in total. The summed E-state index contributed by atoms with van der Waals surface area (Å²) in [6, 6.07) is 6.78. The number of nitro benzene ring substituents is 1. The van der Waals surface area contributed by atoms with E-state index in [9.17, 15) is 14.9 Å². The molecule has 148 valence electrons. The Bertz CT molecular complexity index is 646. The molecule has 1 amide bonds. The zero-order chi connectivity index (χ0) is 19.4. The first-order valence-electron chi connectivity index (χ1n) is 9.82. The summed E-state index contributed by atoms with van der Waals surface area (Å²) < 4.78 is 5.73. The van der Waals surface area contributed by atoms with Crippen molar-refractivity contribution in [2.24, 2.45) is 5.92 Å². The van der Waals surface area contributed by atoms with Crippen LogP contribution < -0.4 is 0 Å². The van der Waals surface area contributed by atoms with Crippen molar-refractivity contribution >= 4 is 11.6 Å². The maximum Gasteiger partial charge on any atom is 0.269 e. The summed E-state index contributed by atoms with van der Waals surface area (Å²) in [4.78, 5) is 27.5. The number of carbonyl (C=O) groups excluding carboxylic acids is 1. The number of piperidine rings is 1. The predicted molar refractivity (Wildman–Crippen MR) is 103 cm³/mol. The van der Waals surface area contributed by atoms with Gasteiger partial charge in [-0.15, -0.1) is 0 Å². The largest absolute Gasteiger partial charge is 0.372 e. The molecule has 0 radical (unpaired) electrons. The van der Waals surface area contributed by atoms with Gasteiger partial charge in [0.15, 0.2) is 0 Å². The van der Waals surface area contributed by atoms with Crippen LogP contribution in [0.25, 0.3) is 0 Å². The number of nitrogens with zero attached hydrogens (tertiary/aromatic N) is 3. The van der Waals surface area contributed by atoms with Crippen molar-refractivity contribution in [1.29, 1.82) is 0 Å². The number of nitro groups is 1. The Hall–Kier alpha value is -1.99. The second-order valence-corrected chi connectivity index (χ2v) is 7.79. The Morgan fingerprint density at radius 1 is 1.15 bits per heavy atom. The van der Waals surface area contributed by atoms with Crippen molar-refractivity contribution in [3.05, 3.63) is 39.9 Å². The van der Waals surface area contributed by atoms with E-state index in [0.717, 1.165) is 44.5 Å². The average molecular weight is 375 g/mol. The number of ether oxygens (including phenoxy) is 1. The number of likely N-dealkylation sites (tertiary alicyclic amines) is 1. The molecule has 2 heterocycles. The van der Waals surface area contributed by atoms with Crippen molar-refractivity contribution in [1.82, 2.24) is 9.80 Å². The topological polar surface area (TPSA) is 75.9 Å². The number of morpholine rings is 1. The fourth-order valence-corrected chi connectivity index (χ4v) is 4.09. The zero-order valence-corrected chi connectivity index (χ0v) is 16.2. The first-order valence-corrected chi connectivity index (χ1v) is 9.82. The molecule has 2 aliphatic heterocycles. The molecule has 0 N–H and O–H groups in total. The van der Waals surface area contributed by atoms with Gasteiger partial charge in [-0.3, -0.25) is 14.9 Å². The van der Waals surface area contributed by atoms with E-state index in [1.165, 1.54) is 0 Å². The van der Waals surface area contributed by atoms with Gasteiger partial charge in [-0.05, 0) is 51.8 Å². The summed E-state index contributed by atoms with van der Waals surface area (Å²) in [6.07, 6.45) is 2.90. The third-order valence-corrected chi connectivity index (χ3v) is 5.53. The molecule has 2 saturated heterocycles. The van der Waals surface area contributed by atoms with Gasteiger partial charge in [-0.1, -0.05) is 12.1 Å². The van der Waals surface area contributed by atoms with Gasteiger partial charge in [-0.25, -0.2) is 0 Å². The number of rotatable bonds is 5. The molecule has 3 rings (SSSR count). The number of amides is 1. The van der Waals surface area contributed by atoms with E-state index >= 15 is 0 Å². The lowest BCUT2D eigenvalue weighted by atomic mass is 9.94. The van der Waals surface area contributed by atoms with Gasteiger partial charge >= 0.3 is 0 Å². The minimum Gasteiger partial charge on any atom is -0.372 e. The number of benzene rings is 1. The van der Waals surface area contributed by atoms with Crippen LogP contribution >= 0.6 is 0 Å². The third kappa shape index (κ3) is 5.26. The van der Waals surface area contributed by atoms with Gasteiger partial charge in [0.05, 0.1) is 17.1 Å². The lowest BCUT2D eigenvalue weighted by Crippen LogP contribution is -2.51. The summed E-state index contributed by atoms with van der Waals surface area (Å²) in [5.74, 6) is 0.408. The number of hydrogen-bond donors (Lipinski definition) is 0. The van der Waals surface area contributed by atoms with E-state index < -0.39 is 0 Å². The van der Waals surface area contributed by atoms with Crippen molar-refractivity contribution < 1.29 is 14.5 Å². The smallest absolute Gasteiger partial charge is 0.269 e. The molecule has 0 spiro atoms. The number of carbonyl (C=O) groups is 1. The molecule has 0 bridgehead atoms. The van der Waals surface area contributed by atoms with Crippen LogP contribution in [0.15, 0.2) is 24.3 Å². The lowest BCUT2D eigenvalue weighted by Gasteiger charge is -2.39. The van der Waals surface area contributed by atoms with Crippen LogP contribution in [0.4, 0.5) is 5.69 Å². The molecule has 0 unspecified atom stereocenters. The van der Waals surface area contributed by atoms with Crippen molar-refractivity contribution in [3.63, 3.8) is 0 Å². The normalized spacial score (nSPS) is 24.7. The Balaban J connectivity index is 1.43. The van der Waals surface area contributed by atoms with E-state index in [-0.39, 0.29) is 34.6 Å². The number of hydrogen-bond acceptors (Lipinski definition) is 5. The quantitative estimate of drug-likeness (QED) is 0.584. The van der Waals surface area contributed by atoms with Crippen LogP contribution in [0.5, 0.6) is 0 Å². The van der Waals surface area contributed by atoms with Gasteiger partial charge in [0.2, 0.25) is 5.91 Å². The molecule has 2 atom stereocenters. The van der Waals surface area contributed by atoms with E-state index in [1.54, 1.807) is 12.1 Å². The van der Waals surface area contributed by atoms with Gasteiger partial charge in [0.1, 0.15) is 0 Å². The van der Waals surface area contributed by atoms with Crippen LogP contribution in [-0.4, -0.2) is 65.6 Å². The molecule has 1 aromatic carbocycles. The Morgan fingerprint density at radius 3 is 2.30 bits per heavy atom. The molecule has 0 saturated carbocycles. The SMILES string of the molecule is C[C@H]1CN(C(=O)C2CCN(CCc3ccc([N+](=O)[O-])cc3)CC2)C[C@H](C)O1. The molecule has 7 heteroatoms. The van der Waals surface area contributed by atoms with Crippen LogP contribution in [0.2, 0.25) is 0 Å². The van der Waals surface area contributed by atoms with Crippen molar-refractivity contribution in [2.75, 3.05) is 32.7 Å². The van der Waals surface area contributed by atoms with Gasteiger partial charge < -0.3 is 14.5 Å². The van der Waals surface area contributed by atoms with Crippen LogP contribution in [0, 0.1) is 16.0 Å². The van der Waals surface area contributed by atoms with E-state index in [4.69, 9.17) is 4.74 Å². The van der Waals surface area contributed by atoms with Gasteiger partial charge in [-0.2, -0.15) is 0 Å². The Labute approximate surface area is 160 Å². The van der Waals surface area contributed by atoms with Crippen LogP contribution in [0.1, 0.15) is 32.3 Å². The molecule has 2 aliphatic rings. The lowest BCUT2D eigenvalue weighted by molar-refractivity contribution is -0.384. The summed E-state index contributed by atoms with van der Waals surface area (Å²) >= 11 is 0. The maximum atomic E-state index is 12.8. The molecule has 27 heavy (non-hydrogen) atoms. The van der Waals surface area contributed by atoms with E-state index in [0.29, 0.717) is 13.1 Å². The van der Waals surface area contributed by atoms with Gasteiger partial charge in [0, 0.05) is 37.7 Å². The molecular weight excluding hydrogens is 346 g/mol. The Kier molecular flexibility index (Phi) is 6.44. The van der Waals surface area contributed by atoms with Crippen molar-refractivity contribution in [3.8, 4) is 0 Å². The standard InChI is InChI=1S/C20H29N3O4/c1-15-13-22(14-16(2)27-15)20(24)18-8-11-21(12-9-18)10-7-17-3-5-19(6-4-17)23(25)26/h3-6,15-16,18H,7-14H2,1-2H3/t15-,16-/m0/s1. The summed E-state index contributed by atoms with van der Waals surface area (Å²) in [6.45, 7) is 8.22. The van der Waals surface area contributed by atoms with E-state index in [2.05, 4.69) is 4.90 Å². The first-order chi connectivity index (χ1) is 12.9. The highest BCUT2D eigenvalue weighted by Gasteiger charge is 2.32. The zero-order valence-electron chi connectivity index (χ0n) is 16.2. The molecule has 1 aromatic rings. The molecule has 2 fully saturated rings. The minimum atomic E-state index is -0.373. The molecular formula is C20H29N3O4. The highest BCUT2D eigenvalue weighted by Crippen LogP contribution is 2.22. The maximum absolute atomic E-state index is 12.8. The highest BCUT2D eigenvalue weighted by molar-refractivity contribution is 5.79. The van der Waals surface area contributed by atoms with Crippen LogP contribution in [-0.2, 0) is 16.0 Å². The summed E-state index contributed by atoms with van der Waals surface area (Å²) in [7, 11) is 0. The second-order valence-electron chi connectivity index (χ2n) is 7.79. The molecule has 0 aliphatic carbocycles. The minimum absolute atomic E-state index is 0.111. The number of non-ortho nitro benzene ring substituents is 1. The predicted octanol–water partition coefficient (Wildman–Crippen LogP) is 2.49. The van der Waals surface area contributed by atoms with Crippen molar-refractivity contribution in [2.45, 2.75) is 45.3 Å². The second kappa shape index (κ2) is 8.80. The fraction of sp³-hybridized carbons (Fsp3) is 0.650. The summed E-state index contributed by atoms with van der Waals surface area (Å²) in [5.41, 5.74) is 1.24. The first kappa shape index (κ1) is 19.8. The molecule has 0 aromatic heterocycles. The fourth-order valence-electron chi connectivity index (χ4n) is 4.09. The highest BCUT2D eigenvalue weighted by atomic mass is 16.6. The monoisotopic (exact) mass is 375 g/mol. The van der Waals surface area contributed by atoms with E-state index in [1.807, 2.05) is 30.9 Å². The van der Waals surface area contributed by atoms with Crippen LogP contribution in [0.3, 0.4) is 0 Å². The van der Waals surface area contributed by atoms with Gasteiger partial charge in [0.25, 0.3) is 5.69 Å². The Morgan fingerprint density at radius 2 is 1.74 bits per heavy atom. The third-order valence-electron chi connectivity index (χ3n) is 5.53.